The van der Waals surface area contributed by atoms with Crippen molar-refractivity contribution < 1.29 is 9.59 Å². The molecule has 0 fully saturated rings. The number of hydrogen-bond acceptors (Lipinski definition) is 3. The lowest BCUT2D eigenvalue weighted by atomic mass is 10.1. The lowest BCUT2D eigenvalue weighted by molar-refractivity contribution is -0.115. The summed E-state index contributed by atoms with van der Waals surface area (Å²) in [6.45, 7) is 0.427. The van der Waals surface area contributed by atoms with Crippen LogP contribution >= 0.6 is 0 Å². The molecule has 5 heteroatoms. The van der Waals surface area contributed by atoms with Crippen molar-refractivity contribution in [3.63, 3.8) is 0 Å². The molecule has 0 spiro atoms. The van der Waals surface area contributed by atoms with Gasteiger partial charge in [-0.15, -0.1) is 0 Å². The number of carbonyl (C=O) groups is 2. The normalized spacial score (nSPS) is 12.7. The summed E-state index contributed by atoms with van der Waals surface area (Å²) >= 11 is 0. The molecule has 2 amide bonds. The summed E-state index contributed by atoms with van der Waals surface area (Å²) in [5, 5.41) is 5.58. The Bertz CT molecular complexity index is 725. The van der Waals surface area contributed by atoms with Crippen molar-refractivity contribution in [1.82, 2.24) is 0 Å². The highest BCUT2D eigenvalue weighted by atomic mass is 16.2. The van der Waals surface area contributed by atoms with Crippen molar-refractivity contribution >= 4 is 23.2 Å². The number of carbonyl (C=O) groups excluding carboxylic acids is 2. The highest BCUT2D eigenvalue weighted by Gasteiger charge is 2.19. The summed E-state index contributed by atoms with van der Waals surface area (Å²) in [4.78, 5) is 23.6. The number of amides is 2. The van der Waals surface area contributed by atoms with Gasteiger partial charge in [-0.2, -0.15) is 0 Å². The third-order valence-corrected chi connectivity index (χ3v) is 3.41. The van der Waals surface area contributed by atoms with Gasteiger partial charge < -0.3 is 16.4 Å². The Labute approximate surface area is 122 Å². The average molecular weight is 281 g/mol. The first-order valence-electron chi connectivity index (χ1n) is 6.69. The molecule has 2 aromatic rings. The van der Waals surface area contributed by atoms with E-state index in [1.54, 1.807) is 18.2 Å². The van der Waals surface area contributed by atoms with Crippen LogP contribution in [0.2, 0.25) is 0 Å². The summed E-state index contributed by atoms with van der Waals surface area (Å²) in [7, 11) is 0. The fourth-order valence-electron chi connectivity index (χ4n) is 2.35. The Morgan fingerprint density at radius 1 is 1.24 bits per heavy atom. The van der Waals surface area contributed by atoms with Gasteiger partial charge in [0.15, 0.2) is 0 Å². The zero-order valence-corrected chi connectivity index (χ0v) is 11.3. The van der Waals surface area contributed by atoms with Gasteiger partial charge in [0.1, 0.15) is 0 Å². The minimum atomic E-state index is -0.202. The first kappa shape index (κ1) is 13.3. The quantitative estimate of drug-likeness (QED) is 0.803. The van der Waals surface area contributed by atoms with Crippen LogP contribution in [0.1, 0.15) is 21.5 Å². The van der Waals surface area contributed by atoms with Crippen LogP contribution in [0, 0.1) is 0 Å². The fourth-order valence-corrected chi connectivity index (χ4v) is 2.35. The molecule has 0 atom stereocenters. The summed E-state index contributed by atoms with van der Waals surface area (Å²) in [5.74, 6) is -0.246. The van der Waals surface area contributed by atoms with E-state index in [0.29, 0.717) is 24.2 Å². The molecular formula is C16H15N3O2. The molecule has 5 nitrogen and oxygen atoms in total. The molecule has 4 N–H and O–H groups in total. The predicted molar refractivity (Wildman–Crippen MR) is 81.1 cm³/mol. The van der Waals surface area contributed by atoms with Gasteiger partial charge in [0.2, 0.25) is 5.91 Å². The minimum Gasteiger partial charge on any atom is -0.326 e. The van der Waals surface area contributed by atoms with Crippen LogP contribution in [-0.2, 0) is 17.8 Å². The minimum absolute atomic E-state index is 0.0433. The van der Waals surface area contributed by atoms with Crippen LogP contribution in [0.25, 0.3) is 0 Å². The Morgan fingerprint density at radius 2 is 2.10 bits per heavy atom. The Kier molecular flexibility index (Phi) is 3.41. The van der Waals surface area contributed by atoms with E-state index in [4.69, 9.17) is 5.73 Å². The highest BCUT2D eigenvalue weighted by molar-refractivity contribution is 6.06. The standard InChI is InChI=1S/C16H15N3O2/c17-9-10-2-1-3-13(6-10)18-16(21)11-4-5-14-12(7-11)8-15(20)19-14/h1-7H,8-9,17H2,(H,18,21)(H,19,20). The van der Waals surface area contributed by atoms with Crippen molar-refractivity contribution in [2.45, 2.75) is 13.0 Å². The molecule has 3 rings (SSSR count). The molecule has 1 aliphatic rings. The summed E-state index contributed by atoms with van der Waals surface area (Å²) in [6, 6.07) is 12.6. The summed E-state index contributed by atoms with van der Waals surface area (Å²) < 4.78 is 0. The van der Waals surface area contributed by atoms with Crippen LogP contribution in [0.15, 0.2) is 42.5 Å². The number of benzene rings is 2. The van der Waals surface area contributed by atoms with Crippen LogP contribution < -0.4 is 16.4 Å². The zero-order chi connectivity index (χ0) is 14.8. The smallest absolute Gasteiger partial charge is 0.255 e. The van der Waals surface area contributed by atoms with Crippen LogP contribution in [0.5, 0.6) is 0 Å². The van der Waals surface area contributed by atoms with E-state index in [9.17, 15) is 9.59 Å². The molecule has 0 saturated carbocycles. The summed E-state index contributed by atoms with van der Waals surface area (Å²) in [5.41, 5.74) is 9.41. The number of anilines is 2. The zero-order valence-electron chi connectivity index (χ0n) is 11.3. The van der Waals surface area contributed by atoms with Crippen LogP contribution in [0.3, 0.4) is 0 Å². The van der Waals surface area contributed by atoms with E-state index < -0.39 is 0 Å². The first-order chi connectivity index (χ1) is 10.2. The van der Waals surface area contributed by atoms with E-state index in [1.807, 2.05) is 24.3 Å². The van der Waals surface area contributed by atoms with E-state index in [1.165, 1.54) is 0 Å². The van der Waals surface area contributed by atoms with Crippen molar-refractivity contribution in [2.75, 3.05) is 10.6 Å². The lowest BCUT2D eigenvalue weighted by Crippen LogP contribution is -2.12. The Balaban J connectivity index is 1.79. The van der Waals surface area contributed by atoms with Crippen molar-refractivity contribution in [2.24, 2.45) is 5.73 Å². The molecule has 0 saturated heterocycles. The maximum Gasteiger partial charge on any atom is 0.255 e. The van der Waals surface area contributed by atoms with Crippen molar-refractivity contribution in [3.05, 3.63) is 59.2 Å². The molecule has 0 aromatic heterocycles. The van der Waals surface area contributed by atoms with E-state index in [2.05, 4.69) is 10.6 Å². The highest BCUT2D eigenvalue weighted by Crippen LogP contribution is 2.24. The van der Waals surface area contributed by atoms with Gasteiger partial charge in [0, 0.05) is 23.5 Å². The number of hydrogen-bond donors (Lipinski definition) is 3. The van der Waals surface area contributed by atoms with Gasteiger partial charge >= 0.3 is 0 Å². The average Bonchev–Trinajstić information content (AvgIpc) is 2.86. The Hall–Kier alpha value is -2.66. The van der Waals surface area contributed by atoms with Crippen molar-refractivity contribution in [1.29, 1.82) is 0 Å². The SMILES string of the molecule is NCc1cccc(NC(=O)c2ccc3c(c2)CC(=O)N3)c1. The molecule has 106 valence electrons. The van der Waals surface area contributed by atoms with Gasteiger partial charge in [-0.25, -0.2) is 0 Å². The van der Waals surface area contributed by atoms with Gasteiger partial charge in [-0.1, -0.05) is 12.1 Å². The molecule has 0 bridgehead atoms. The van der Waals surface area contributed by atoms with E-state index in [0.717, 1.165) is 16.8 Å². The monoisotopic (exact) mass is 281 g/mol. The molecule has 1 aliphatic heterocycles. The largest absolute Gasteiger partial charge is 0.326 e. The lowest BCUT2D eigenvalue weighted by Gasteiger charge is -2.08. The van der Waals surface area contributed by atoms with Gasteiger partial charge in [0.05, 0.1) is 6.42 Å². The molecule has 0 aliphatic carbocycles. The molecule has 2 aromatic carbocycles. The van der Waals surface area contributed by atoms with Gasteiger partial charge in [-0.3, -0.25) is 9.59 Å². The fraction of sp³-hybridized carbons (Fsp3) is 0.125. The number of fused-ring (bicyclic) bond motifs is 1. The second-order valence-electron chi connectivity index (χ2n) is 4.96. The number of nitrogens with one attached hydrogen (secondary N) is 2. The summed E-state index contributed by atoms with van der Waals surface area (Å²) in [6.07, 6.45) is 0.319. The molecular weight excluding hydrogens is 266 g/mol. The topological polar surface area (TPSA) is 84.2 Å². The molecule has 0 radical (unpaired) electrons. The maximum atomic E-state index is 12.2. The second kappa shape index (κ2) is 5.38. The number of nitrogens with two attached hydrogens (primary N) is 1. The third-order valence-electron chi connectivity index (χ3n) is 3.41. The third kappa shape index (κ3) is 2.78. The van der Waals surface area contributed by atoms with Gasteiger partial charge in [-0.05, 0) is 41.5 Å². The van der Waals surface area contributed by atoms with Crippen LogP contribution in [-0.4, -0.2) is 11.8 Å². The molecule has 0 unspecified atom stereocenters. The van der Waals surface area contributed by atoms with E-state index in [-0.39, 0.29) is 11.8 Å². The number of rotatable bonds is 3. The van der Waals surface area contributed by atoms with Crippen LogP contribution in [0.4, 0.5) is 11.4 Å². The van der Waals surface area contributed by atoms with Crippen molar-refractivity contribution in [3.8, 4) is 0 Å². The van der Waals surface area contributed by atoms with Gasteiger partial charge in [0.25, 0.3) is 5.91 Å². The molecule has 1 heterocycles. The maximum absolute atomic E-state index is 12.2. The van der Waals surface area contributed by atoms with E-state index >= 15 is 0 Å². The Morgan fingerprint density at radius 3 is 2.90 bits per heavy atom. The first-order valence-corrected chi connectivity index (χ1v) is 6.69. The second-order valence-corrected chi connectivity index (χ2v) is 4.96. The molecule has 21 heavy (non-hydrogen) atoms. The predicted octanol–water partition coefficient (Wildman–Crippen LogP) is 1.89.